The quantitative estimate of drug-likeness (QED) is 0.706. The molecule has 6 heteroatoms. The van der Waals surface area contributed by atoms with E-state index in [0.717, 1.165) is 16.5 Å². The predicted molar refractivity (Wildman–Crippen MR) is 72.2 cm³/mol. The fraction of sp³-hybridized carbons (Fsp3) is 0.0769. The summed E-state index contributed by atoms with van der Waals surface area (Å²) < 4.78 is 4.70. The second-order valence-corrected chi connectivity index (χ2v) is 4.45. The highest BCUT2D eigenvalue weighted by Gasteiger charge is 2.15. The van der Waals surface area contributed by atoms with Crippen LogP contribution in [0.3, 0.4) is 0 Å². The standard InChI is InChI=1S/C13H10ClN3O2/c1-19-13(18)11-4-9-8(7-5-15-16-6-7)2-3-10(14)12(9)17-11/h2-6,17H,1H3,(H,15,16). The van der Waals surface area contributed by atoms with Crippen LogP contribution < -0.4 is 0 Å². The van der Waals surface area contributed by atoms with E-state index in [0.29, 0.717) is 16.2 Å². The summed E-state index contributed by atoms with van der Waals surface area (Å²) in [5, 5.41) is 8.10. The molecule has 19 heavy (non-hydrogen) atoms. The summed E-state index contributed by atoms with van der Waals surface area (Å²) in [4.78, 5) is 14.6. The zero-order valence-electron chi connectivity index (χ0n) is 10.0. The van der Waals surface area contributed by atoms with Gasteiger partial charge in [0.2, 0.25) is 0 Å². The van der Waals surface area contributed by atoms with Gasteiger partial charge >= 0.3 is 5.97 Å². The van der Waals surface area contributed by atoms with Gasteiger partial charge in [0.05, 0.1) is 23.8 Å². The van der Waals surface area contributed by atoms with Crippen LogP contribution in [-0.2, 0) is 4.74 Å². The van der Waals surface area contributed by atoms with E-state index in [1.54, 1.807) is 24.5 Å². The molecule has 3 aromatic rings. The van der Waals surface area contributed by atoms with Gasteiger partial charge in [-0.3, -0.25) is 5.10 Å². The second kappa shape index (κ2) is 4.44. The van der Waals surface area contributed by atoms with Crippen molar-refractivity contribution in [2.45, 2.75) is 0 Å². The van der Waals surface area contributed by atoms with Crippen LogP contribution in [0.4, 0.5) is 0 Å². The van der Waals surface area contributed by atoms with Crippen molar-refractivity contribution in [1.82, 2.24) is 15.2 Å². The SMILES string of the molecule is COC(=O)c1cc2c(-c3cn[nH]c3)ccc(Cl)c2[nH]1. The largest absolute Gasteiger partial charge is 0.464 e. The van der Waals surface area contributed by atoms with Gasteiger partial charge in [-0.05, 0) is 17.7 Å². The molecular weight excluding hydrogens is 266 g/mol. The Bertz CT molecular complexity index is 747. The number of halogens is 1. The number of methoxy groups -OCH3 is 1. The van der Waals surface area contributed by atoms with E-state index in [4.69, 9.17) is 16.3 Å². The lowest BCUT2D eigenvalue weighted by molar-refractivity contribution is 0.0595. The highest BCUT2D eigenvalue weighted by molar-refractivity contribution is 6.35. The Balaban J connectivity index is 2.27. The Kier molecular flexibility index (Phi) is 2.76. The molecule has 0 saturated heterocycles. The molecule has 0 amide bonds. The summed E-state index contributed by atoms with van der Waals surface area (Å²) >= 11 is 6.14. The summed E-state index contributed by atoms with van der Waals surface area (Å²) in [5.41, 5.74) is 2.95. The number of rotatable bonds is 2. The lowest BCUT2D eigenvalue weighted by Crippen LogP contribution is -2.00. The number of carbonyl (C=O) groups excluding carboxylic acids is 1. The van der Waals surface area contributed by atoms with Gasteiger partial charge in [-0.2, -0.15) is 5.10 Å². The highest BCUT2D eigenvalue weighted by atomic mass is 35.5. The molecule has 0 fully saturated rings. The maximum Gasteiger partial charge on any atom is 0.354 e. The van der Waals surface area contributed by atoms with Crippen LogP contribution in [0, 0.1) is 0 Å². The lowest BCUT2D eigenvalue weighted by atomic mass is 10.1. The van der Waals surface area contributed by atoms with Crippen molar-refractivity contribution in [3.05, 3.63) is 41.3 Å². The summed E-state index contributed by atoms with van der Waals surface area (Å²) in [6.45, 7) is 0. The third-order valence-corrected chi connectivity index (χ3v) is 3.27. The molecule has 0 atom stereocenters. The van der Waals surface area contributed by atoms with Crippen molar-refractivity contribution in [2.24, 2.45) is 0 Å². The number of hydrogen-bond acceptors (Lipinski definition) is 3. The van der Waals surface area contributed by atoms with E-state index in [9.17, 15) is 4.79 Å². The minimum absolute atomic E-state index is 0.371. The molecule has 0 aliphatic rings. The van der Waals surface area contributed by atoms with Crippen molar-refractivity contribution in [3.63, 3.8) is 0 Å². The van der Waals surface area contributed by atoms with Crippen LogP contribution in [0.15, 0.2) is 30.6 Å². The van der Waals surface area contributed by atoms with Crippen molar-refractivity contribution >= 4 is 28.5 Å². The second-order valence-electron chi connectivity index (χ2n) is 4.05. The number of hydrogen-bond donors (Lipinski definition) is 2. The first kappa shape index (κ1) is 11.8. The fourth-order valence-electron chi connectivity index (χ4n) is 2.05. The average Bonchev–Trinajstić information content (AvgIpc) is 3.07. The van der Waals surface area contributed by atoms with Crippen LogP contribution in [0.5, 0.6) is 0 Å². The normalized spacial score (nSPS) is 10.8. The van der Waals surface area contributed by atoms with Gasteiger partial charge in [-0.25, -0.2) is 4.79 Å². The minimum Gasteiger partial charge on any atom is -0.464 e. The number of aromatic nitrogens is 3. The molecule has 2 aromatic heterocycles. The number of nitrogens with one attached hydrogen (secondary N) is 2. The molecule has 0 saturated carbocycles. The molecule has 3 rings (SSSR count). The van der Waals surface area contributed by atoms with Crippen molar-refractivity contribution in [1.29, 1.82) is 0 Å². The molecule has 2 N–H and O–H groups in total. The van der Waals surface area contributed by atoms with Crippen LogP contribution in [-0.4, -0.2) is 28.3 Å². The number of H-pyrrole nitrogens is 2. The maximum absolute atomic E-state index is 11.6. The average molecular weight is 276 g/mol. The molecule has 5 nitrogen and oxygen atoms in total. The van der Waals surface area contributed by atoms with Gasteiger partial charge in [0.15, 0.2) is 0 Å². The number of nitrogens with zero attached hydrogens (tertiary/aromatic N) is 1. The van der Waals surface area contributed by atoms with Gasteiger partial charge in [-0.1, -0.05) is 17.7 Å². The molecule has 96 valence electrons. The molecule has 0 unspecified atom stereocenters. The molecule has 0 aliphatic heterocycles. The molecule has 0 radical (unpaired) electrons. The monoisotopic (exact) mass is 275 g/mol. The van der Waals surface area contributed by atoms with Crippen LogP contribution in [0.2, 0.25) is 5.02 Å². The lowest BCUT2D eigenvalue weighted by Gasteiger charge is -2.01. The van der Waals surface area contributed by atoms with Crippen molar-refractivity contribution in [2.75, 3.05) is 7.11 Å². The first-order valence-electron chi connectivity index (χ1n) is 5.59. The van der Waals surface area contributed by atoms with Crippen molar-refractivity contribution < 1.29 is 9.53 Å². The molecular formula is C13H10ClN3O2. The minimum atomic E-state index is -0.426. The first-order chi connectivity index (χ1) is 9.20. The summed E-state index contributed by atoms with van der Waals surface area (Å²) in [6, 6.07) is 5.41. The third-order valence-electron chi connectivity index (χ3n) is 2.96. The van der Waals surface area contributed by atoms with Gasteiger partial charge in [0.25, 0.3) is 0 Å². The summed E-state index contributed by atoms with van der Waals surface area (Å²) in [5.74, 6) is -0.426. The van der Waals surface area contributed by atoms with Crippen molar-refractivity contribution in [3.8, 4) is 11.1 Å². The molecule has 0 bridgehead atoms. The summed E-state index contributed by atoms with van der Waals surface area (Å²) in [7, 11) is 1.34. The van der Waals surface area contributed by atoms with E-state index >= 15 is 0 Å². The maximum atomic E-state index is 11.6. The zero-order valence-corrected chi connectivity index (χ0v) is 10.8. The number of esters is 1. The predicted octanol–water partition coefficient (Wildman–Crippen LogP) is 3.00. The van der Waals surface area contributed by atoms with Gasteiger partial charge < -0.3 is 9.72 Å². The smallest absolute Gasteiger partial charge is 0.354 e. The van der Waals surface area contributed by atoms with E-state index < -0.39 is 5.97 Å². The number of ether oxygens (including phenoxy) is 1. The fourth-order valence-corrected chi connectivity index (χ4v) is 2.27. The Labute approximate surface area is 113 Å². The number of benzene rings is 1. The molecule has 2 heterocycles. The Morgan fingerprint density at radius 3 is 2.95 bits per heavy atom. The molecule has 1 aromatic carbocycles. The Morgan fingerprint density at radius 1 is 1.42 bits per heavy atom. The topological polar surface area (TPSA) is 70.8 Å². The number of carbonyl (C=O) groups is 1. The zero-order chi connectivity index (χ0) is 13.4. The van der Waals surface area contributed by atoms with Gasteiger partial charge in [0.1, 0.15) is 5.69 Å². The van der Waals surface area contributed by atoms with E-state index in [1.807, 2.05) is 6.07 Å². The highest BCUT2D eigenvalue weighted by Crippen LogP contribution is 2.33. The van der Waals surface area contributed by atoms with Gasteiger partial charge in [-0.15, -0.1) is 0 Å². The molecule has 0 aliphatic carbocycles. The van der Waals surface area contributed by atoms with Crippen LogP contribution in [0.1, 0.15) is 10.5 Å². The Morgan fingerprint density at radius 2 is 2.26 bits per heavy atom. The van der Waals surface area contributed by atoms with E-state index in [2.05, 4.69) is 15.2 Å². The number of aromatic amines is 2. The first-order valence-corrected chi connectivity index (χ1v) is 5.97. The Hall–Kier alpha value is -2.27. The third kappa shape index (κ3) is 1.88. The molecule has 0 spiro atoms. The van der Waals surface area contributed by atoms with Crippen LogP contribution in [0.25, 0.3) is 22.0 Å². The summed E-state index contributed by atoms with van der Waals surface area (Å²) in [6.07, 6.45) is 3.50. The van der Waals surface area contributed by atoms with E-state index in [1.165, 1.54) is 7.11 Å². The van der Waals surface area contributed by atoms with E-state index in [-0.39, 0.29) is 0 Å². The van der Waals surface area contributed by atoms with Gasteiger partial charge in [0, 0.05) is 17.1 Å². The van der Waals surface area contributed by atoms with Crippen LogP contribution >= 0.6 is 11.6 Å². The number of fused-ring (bicyclic) bond motifs is 1.